The van der Waals surface area contributed by atoms with Crippen LogP contribution in [0.3, 0.4) is 0 Å². The van der Waals surface area contributed by atoms with E-state index in [9.17, 15) is 13.6 Å². The molecule has 0 unspecified atom stereocenters. The van der Waals surface area contributed by atoms with Crippen LogP contribution in [0.5, 0.6) is 0 Å². The highest BCUT2D eigenvalue weighted by Crippen LogP contribution is 2.31. The summed E-state index contributed by atoms with van der Waals surface area (Å²) in [6.07, 6.45) is 1.06. The van der Waals surface area contributed by atoms with Gasteiger partial charge >= 0.3 is 0 Å². The van der Waals surface area contributed by atoms with E-state index in [1.54, 1.807) is 18.3 Å². The molecule has 1 aliphatic rings. The lowest BCUT2D eigenvalue weighted by atomic mass is 10.2. The van der Waals surface area contributed by atoms with E-state index in [-0.39, 0.29) is 18.1 Å². The molecule has 0 spiro atoms. The summed E-state index contributed by atoms with van der Waals surface area (Å²) < 4.78 is 28.1. The fourth-order valence-electron chi connectivity index (χ4n) is 2.61. The molecule has 3 rings (SSSR count). The van der Waals surface area contributed by atoms with E-state index < -0.39 is 6.43 Å². The molecule has 1 N–H and O–H groups in total. The van der Waals surface area contributed by atoms with Crippen LogP contribution in [0.15, 0.2) is 22.8 Å². The number of carbonyl (C=O) groups excluding carboxylic acids is 1. The third kappa shape index (κ3) is 3.01. The van der Waals surface area contributed by atoms with Crippen LogP contribution in [0.2, 0.25) is 0 Å². The van der Waals surface area contributed by atoms with Crippen molar-refractivity contribution < 1.29 is 13.6 Å². The highest BCUT2D eigenvalue weighted by atomic mass is 79.9. The van der Waals surface area contributed by atoms with Crippen molar-refractivity contribution in [3.05, 3.63) is 39.8 Å². The number of aromatic nitrogens is 3. The molecule has 0 aromatic carbocycles. The molecule has 0 atom stereocenters. The zero-order chi connectivity index (χ0) is 15.7. The molecule has 2 heterocycles. The quantitative estimate of drug-likeness (QED) is 0.899. The number of nitrogens with zero attached hydrogens (tertiary/aromatic N) is 3. The van der Waals surface area contributed by atoms with Gasteiger partial charge in [0.05, 0.1) is 0 Å². The minimum atomic E-state index is -2.61. The zero-order valence-electron chi connectivity index (χ0n) is 11.5. The van der Waals surface area contributed by atoms with Crippen molar-refractivity contribution in [3.8, 4) is 0 Å². The summed E-state index contributed by atoms with van der Waals surface area (Å²) in [6, 6.07) is 3.41. The van der Waals surface area contributed by atoms with Gasteiger partial charge in [-0.05, 0) is 47.3 Å². The summed E-state index contributed by atoms with van der Waals surface area (Å²) >= 11 is 3.26. The van der Waals surface area contributed by atoms with Gasteiger partial charge in [0.1, 0.15) is 18.1 Å². The number of amides is 1. The minimum absolute atomic E-state index is 0.0905. The summed E-state index contributed by atoms with van der Waals surface area (Å²) in [5.74, 6) is 0.0684. The van der Waals surface area contributed by atoms with Crippen LogP contribution < -0.4 is 5.32 Å². The average Bonchev–Trinajstić information content (AvgIpc) is 3.05. The predicted molar refractivity (Wildman–Crippen MR) is 79.8 cm³/mol. The van der Waals surface area contributed by atoms with Gasteiger partial charge in [-0.1, -0.05) is 0 Å². The number of pyridine rings is 1. The lowest BCUT2D eigenvalue weighted by Gasteiger charge is -2.07. The van der Waals surface area contributed by atoms with Crippen LogP contribution in [0.25, 0.3) is 0 Å². The Kier molecular flexibility index (Phi) is 4.19. The van der Waals surface area contributed by atoms with Crippen LogP contribution in [0.1, 0.15) is 29.8 Å². The second-order valence-electron chi connectivity index (χ2n) is 5.03. The Balaban J connectivity index is 1.74. The van der Waals surface area contributed by atoms with Gasteiger partial charge < -0.3 is 5.32 Å². The molecule has 116 valence electrons. The van der Waals surface area contributed by atoms with Gasteiger partial charge in [-0.2, -0.15) is 5.10 Å². The fraction of sp³-hybridized carbons (Fsp3) is 0.357. The lowest BCUT2D eigenvalue weighted by molar-refractivity contribution is -0.117. The number of halogens is 3. The maximum Gasteiger partial charge on any atom is 0.282 e. The second kappa shape index (κ2) is 6.12. The highest BCUT2D eigenvalue weighted by molar-refractivity contribution is 9.10. The van der Waals surface area contributed by atoms with Gasteiger partial charge in [0, 0.05) is 21.9 Å². The first-order valence-electron chi connectivity index (χ1n) is 6.82. The smallest absolute Gasteiger partial charge is 0.282 e. The zero-order valence-corrected chi connectivity index (χ0v) is 13.1. The monoisotopic (exact) mass is 370 g/mol. The van der Waals surface area contributed by atoms with E-state index in [2.05, 4.69) is 31.3 Å². The maximum absolute atomic E-state index is 13.0. The van der Waals surface area contributed by atoms with Gasteiger partial charge in [-0.15, -0.1) is 0 Å². The van der Waals surface area contributed by atoms with Crippen molar-refractivity contribution >= 4 is 27.7 Å². The molecule has 0 aliphatic heterocycles. The summed E-state index contributed by atoms with van der Waals surface area (Å²) in [4.78, 5) is 16.1. The number of hydrogen-bond acceptors (Lipinski definition) is 3. The number of anilines is 1. The summed E-state index contributed by atoms with van der Waals surface area (Å²) in [5, 5.41) is 6.53. The molecule has 0 saturated carbocycles. The molecule has 0 fully saturated rings. The van der Waals surface area contributed by atoms with Crippen LogP contribution in [0, 0.1) is 0 Å². The first-order valence-corrected chi connectivity index (χ1v) is 7.62. The summed E-state index contributed by atoms with van der Waals surface area (Å²) in [7, 11) is 0. The number of nitrogens with one attached hydrogen (secondary N) is 1. The first-order chi connectivity index (χ1) is 10.5. The molecule has 1 aliphatic carbocycles. The normalized spacial score (nSPS) is 13.5. The van der Waals surface area contributed by atoms with Crippen molar-refractivity contribution in [2.24, 2.45) is 0 Å². The Bertz CT molecular complexity index is 700. The molecule has 8 heteroatoms. The number of hydrogen-bond donors (Lipinski definition) is 1. The predicted octanol–water partition coefficient (Wildman–Crippen LogP) is 3.11. The van der Waals surface area contributed by atoms with Gasteiger partial charge in [0.2, 0.25) is 5.91 Å². The highest BCUT2D eigenvalue weighted by Gasteiger charge is 2.27. The van der Waals surface area contributed by atoms with Crippen LogP contribution >= 0.6 is 15.9 Å². The molecular formula is C14H13BrF2N4O. The Morgan fingerprint density at radius 2 is 2.23 bits per heavy atom. The standard InChI is InChI=1S/C14H13BrF2N4O/c15-8-4-5-11(18-6-8)19-12(22)7-21-10-3-1-2-9(10)13(20-21)14(16)17/h4-6,14H,1-3,7H2,(H,18,19,22). The minimum Gasteiger partial charge on any atom is -0.309 e. The Hall–Kier alpha value is -1.83. The molecule has 1 amide bonds. The van der Waals surface area contributed by atoms with E-state index in [0.29, 0.717) is 24.2 Å². The molecule has 5 nitrogen and oxygen atoms in total. The fourth-order valence-corrected chi connectivity index (χ4v) is 2.85. The molecule has 22 heavy (non-hydrogen) atoms. The van der Waals surface area contributed by atoms with Crippen molar-refractivity contribution in [2.75, 3.05) is 5.32 Å². The molecule has 0 saturated heterocycles. The number of rotatable bonds is 4. The maximum atomic E-state index is 13.0. The van der Waals surface area contributed by atoms with Crippen LogP contribution in [-0.4, -0.2) is 20.7 Å². The van der Waals surface area contributed by atoms with Crippen molar-refractivity contribution in [3.63, 3.8) is 0 Å². The van der Waals surface area contributed by atoms with Crippen LogP contribution in [-0.2, 0) is 24.2 Å². The van der Waals surface area contributed by atoms with Crippen LogP contribution in [0.4, 0.5) is 14.6 Å². The Morgan fingerprint density at radius 1 is 1.41 bits per heavy atom. The van der Waals surface area contributed by atoms with Gasteiger partial charge in [0.25, 0.3) is 6.43 Å². The average molecular weight is 371 g/mol. The van der Waals surface area contributed by atoms with Crippen molar-refractivity contribution in [1.82, 2.24) is 14.8 Å². The second-order valence-corrected chi connectivity index (χ2v) is 5.95. The summed E-state index contributed by atoms with van der Waals surface area (Å²) in [6.45, 7) is -0.0905. The van der Waals surface area contributed by atoms with Gasteiger partial charge in [-0.3, -0.25) is 9.48 Å². The van der Waals surface area contributed by atoms with Crippen molar-refractivity contribution in [2.45, 2.75) is 32.2 Å². The molecular weight excluding hydrogens is 358 g/mol. The molecule has 0 radical (unpaired) electrons. The van der Waals surface area contributed by atoms with E-state index in [0.717, 1.165) is 16.6 Å². The topological polar surface area (TPSA) is 59.8 Å². The third-order valence-electron chi connectivity index (χ3n) is 3.53. The third-order valence-corrected chi connectivity index (χ3v) is 4.00. The number of carbonyl (C=O) groups is 1. The van der Waals surface area contributed by atoms with Crippen molar-refractivity contribution in [1.29, 1.82) is 0 Å². The Morgan fingerprint density at radius 3 is 2.91 bits per heavy atom. The summed E-state index contributed by atoms with van der Waals surface area (Å²) in [5.41, 5.74) is 1.15. The molecule has 2 aromatic rings. The lowest BCUT2D eigenvalue weighted by Crippen LogP contribution is -2.21. The molecule has 2 aromatic heterocycles. The van der Waals surface area contributed by atoms with E-state index in [4.69, 9.17) is 0 Å². The first kappa shape index (κ1) is 15.1. The Labute approximate surface area is 133 Å². The molecule has 0 bridgehead atoms. The number of alkyl halides is 2. The van der Waals surface area contributed by atoms with E-state index in [1.807, 2.05) is 0 Å². The van der Waals surface area contributed by atoms with E-state index >= 15 is 0 Å². The number of fused-ring (bicyclic) bond motifs is 1. The van der Waals surface area contributed by atoms with E-state index in [1.165, 1.54) is 4.68 Å². The van der Waals surface area contributed by atoms with Gasteiger partial charge in [0.15, 0.2) is 0 Å². The SMILES string of the molecule is O=C(Cn1nc(C(F)F)c2c1CCC2)Nc1ccc(Br)cn1. The van der Waals surface area contributed by atoms with Gasteiger partial charge in [-0.25, -0.2) is 13.8 Å². The largest absolute Gasteiger partial charge is 0.309 e.